The van der Waals surface area contributed by atoms with Gasteiger partial charge in [-0.2, -0.15) is 0 Å². The molecule has 0 spiro atoms. The van der Waals surface area contributed by atoms with E-state index in [2.05, 4.69) is 0 Å². The number of primary amides is 1. The van der Waals surface area contributed by atoms with E-state index in [-0.39, 0.29) is 17.7 Å². The van der Waals surface area contributed by atoms with Gasteiger partial charge in [0.1, 0.15) is 11.8 Å². The van der Waals surface area contributed by atoms with Crippen LogP contribution >= 0.6 is 0 Å². The Hall–Kier alpha value is -2.29. The van der Waals surface area contributed by atoms with Crippen LogP contribution in [-0.2, 0) is 19.6 Å². The highest BCUT2D eigenvalue weighted by molar-refractivity contribution is 7.92. The molecule has 1 saturated heterocycles. The lowest BCUT2D eigenvalue weighted by atomic mass is 9.96. The summed E-state index contributed by atoms with van der Waals surface area (Å²) in [6.07, 6.45) is 2.04. The van der Waals surface area contributed by atoms with Crippen molar-refractivity contribution in [1.29, 1.82) is 0 Å². The van der Waals surface area contributed by atoms with Gasteiger partial charge in [0.15, 0.2) is 0 Å². The summed E-state index contributed by atoms with van der Waals surface area (Å²) in [5, 5.41) is 0. The van der Waals surface area contributed by atoms with Crippen molar-refractivity contribution in [2.45, 2.75) is 32.7 Å². The minimum atomic E-state index is -3.74. The third-order valence-electron chi connectivity index (χ3n) is 4.85. The number of carbonyl (C=O) groups is 2. The van der Waals surface area contributed by atoms with Crippen LogP contribution in [0.25, 0.3) is 0 Å². The van der Waals surface area contributed by atoms with E-state index in [9.17, 15) is 18.0 Å². The normalized spacial score (nSPS) is 16.7. The zero-order valence-electron chi connectivity index (χ0n) is 16.1. The number of piperidine rings is 1. The van der Waals surface area contributed by atoms with Gasteiger partial charge in [-0.05, 0) is 44.4 Å². The molecule has 0 bridgehead atoms. The van der Waals surface area contributed by atoms with E-state index < -0.39 is 16.1 Å². The Balaban J connectivity index is 2.32. The number of rotatable bonds is 6. The topological polar surface area (TPSA) is 110 Å². The van der Waals surface area contributed by atoms with E-state index in [0.717, 1.165) is 16.1 Å². The average Bonchev–Trinajstić information content (AvgIpc) is 2.60. The van der Waals surface area contributed by atoms with E-state index in [1.165, 1.54) is 7.11 Å². The summed E-state index contributed by atoms with van der Waals surface area (Å²) in [4.78, 5) is 25.9. The van der Waals surface area contributed by atoms with E-state index in [4.69, 9.17) is 10.5 Å². The maximum absolute atomic E-state index is 13.0. The highest BCUT2D eigenvalue weighted by Crippen LogP contribution is 2.33. The Bertz CT molecular complexity index is 816. The first-order valence-electron chi connectivity index (χ1n) is 8.78. The van der Waals surface area contributed by atoms with Crippen LogP contribution in [-0.4, -0.2) is 57.6 Å². The van der Waals surface area contributed by atoms with Gasteiger partial charge in [0, 0.05) is 19.0 Å². The van der Waals surface area contributed by atoms with Crippen molar-refractivity contribution in [3.8, 4) is 5.75 Å². The molecule has 1 heterocycles. The molecule has 9 heteroatoms. The van der Waals surface area contributed by atoms with Gasteiger partial charge in [-0.25, -0.2) is 8.42 Å². The fourth-order valence-corrected chi connectivity index (χ4v) is 4.56. The van der Waals surface area contributed by atoms with Gasteiger partial charge in [-0.15, -0.1) is 0 Å². The van der Waals surface area contributed by atoms with Gasteiger partial charge in [-0.1, -0.05) is 6.07 Å². The lowest BCUT2D eigenvalue weighted by molar-refractivity contribution is -0.135. The molecular weight excluding hydrogens is 370 g/mol. The van der Waals surface area contributed by atoms with Crippen molar-refractivity contribution in [2.24, 2.45) is 11.7 Å². The maximum atomic E-state index is 13.0. The highest BCUT2D eigenvalue weighted by atomic mass is 32.2. The van der Waals surface area contributed by atoms with E-state index >= 15 is 0 Å². The number of amides is 2. The van der Waals surface area contributed by atoms with Crippen LogP contribution in [0.15, 0.2) is 18.2 Å². The molecule has 2 N–H and O–H groups in total. The number of hydrogen-bond acceptors (Lipinski definition) is 5. The van der Waals surface area contributed by atoms with Crippen molar-refractivity contribution in [1.82, 2.24) is 4.90 Å². The quantitative estimate of drug-likeness (QED) is 0.766. The molecule has 1 fully saturated rings. The number of carbonyl (C=O) groups excluding carboxylic acids is 2. The molecule has 27 heavy (non-hydrogen) atoms. The van der Waals surface area contributed by atoms with Crippen molar-refractivity contribution in [3.05, 3.63) is 23.8 Å². The van der Waals surface area contributed by atoms with Crippen LogP contribution in [0.2, 0.25) is 0 Å². The summed E-state index contributed by atoms with van der Waals surface area (Å²) < 4.78 is 31.4. The van der Waals surface area contributed by atoms with Crippen molar-refractivity contribution < 1.29 is 22.7 Å². The molecular formula is C18H27N3O5S. The Morgan fingerprint density at radius 3 is 2.37 bits per heavy atom. The largest absolute Gasteiger partial charge is 0.495 e. The molecule has 150 valence electrons. The van der Waals surface area contributed by atoms with Crippen LogP contribution in [0.4, 0.5) is 5.69 Å². The molecule has 1 aromatic carbocycles. The summed E-state index contributed by atoms with van der Waals surface area (Å²) in [5.41, 5.74) is 6.51. The molecule has 0 aliphatic carbocycles. The summed E-state index contributed by atoms with van der Waals surface area (Å²) in [7, 11) is -2.29. The minimum Gasteiger partial charge on any atom is -0.495 e. The predicted octanol–water partition coefficient (Wildman–Crippen LogP) is 0.882. The van der Waals surface area contributed by atoms with Gasteiger partial charge in [0.05, 0.1) is 19.1 Å². The van der Waals surface area contributed by atoms with Gasteiger partial charge in [0.25, 0.3) is 0 Å². The lowest BCUT2D eigenvalue weighted by Gasteiger charge is -2.36. The number of aryl methyl sites for hydroxylation is 1. The number of anilines is 1. The Kier molecular flexibility index (Phi) is 6.35. The lowest BCUT2D eigenvalue weighted by Crippen LogP contribution is -2.52. The molecule has 2 rings (SSSR count). The van der Waals surface area contributed by atoms with E-state index in [0.29, 0.717) is 37.4 Å². The SMILES string of the molecule is COc1ccc(C)cc1N([C@H](C)C(=O)N1CCC(C(N)=O)CC1)S(C)(=O)=O. The summed E-state index contributed by atoms with van der Waals surface area (Å²) >= 11 is 0. The number of hydrogen-bond donors (Lipinski definition) is 1. The molecule has 0 saturated carbocycles. The number of sulfonamides is 1. The highest BCUT2D eigenvalue weighted by Gasteiger charge is 2.35. The van der Waals surface area contributed by atoms with Gasteiger partial charge in [0.2, 0.25) is 21.8 Å². The number of likely N-dealkylation sites (tertiary alicyclic amines) is 1. The second-order valence-corrected chi connectivity index (χ2v) is 8.77. The maximum Gasteiger partial charge on any atom is 0.246 e. The number of nitrogens with two attached hydrogens (primary N) is 1. The zero-order valence-corrected chi connectivity index (χ0v) is 17.0. The standard InChI is InChI=1S/C18H27N3O5S/c1-12-5-6-16(26-3)15(11-12)21(27(4,24)25)13(2)18(23)20-9-7-14(8-10-20)17(19)22/h5-6,11,13-14H,7-10H2,1-4H3,(H2,19,22)/t13-/m1/s1. The van der Waals surface area contributed by atoms with Crippen LogP contribution in [0.1, 0.15) is 25.3 Å². The number of methoxy groups -OCH3 is 1. The molecule has 1 aliphatic heterocycles. The molecule has 0 aromatic heterocycles. The van der Waals surface area contributed by atoms with Crippen LogP contribution in [0.5, 0.6) is 5.75 Å². The van der Waals surface area contributed by atoms with Gasteiger partial charge in [-0.3, -0.25) is 13.9 Å². The van der Waals surface area contributed by atoms with E-state index in [1.54, 1.807) is 24.0 Å². The third kappa shape index (κ3) is 4.71. The Morgan fingerprint density at radius 1 is 1.30 bits per heavy atom. The van der Waals surface area contributed by atoms with Crippen molar-refractivity contribution in [2.75, 3.05) is 30.8 Å². The predicted molar refractivity (Wildman–Crippen MR) is 103 cm³/mol. The van der Waals surface area contributed by atoms with Crippen molar-refractivity contribution >= 4 is 27.5 Å². The summed E-state index contributed by atoms with van der Waals surface area (Å²) in [5.74, 6) is -0.547. The molecule has 1 aliphatic rings. The zero-order chi connectivity index (χ0) is 20.4. The Labute approximate surface area is 160 Å². The monoisotopic (exact) mass is 397 g/mol. The molecule has 0 unspecified atom stereocenters. The van der Waals surface area contributed by atoms with Crippen molar-refractivity contribution in [3.63, 3.8) is 0 Å². The Morgan fingerprint density at radius 2 is 1.89 bits per heavy atom. The number of ether oxygens (including phenoxy) is 1. The minimum absolute atomic E-state index is 0.243. The molecule has 1 atom stereocenters. The molecule has 1 aromatic rings. The smallest absolute Gasteiger partial charge is 0.246 e. The van der Waals surface area contributed by atoms with Gasteiger partial charge < -0.3 is 15.4 Å². The average molecular weight is 397 g/mol. The first kappa shape index (κ1) is 21.0. The van der Waals surface area contributed by atoms with E-state index in [1.807, 2.05) is 13.0 Å². The van der Waals surface area contributed by atoms with Gasteiger partial charge >= 0.3 is 0 Å². The molecule has 0 radical (unpaired) electrons. The molecule has 8 nitrogen and oxygen atoms in total. The second-order valence-electron chi connectivity index (χ2n) is 6.91. The first-order chi connectivity index (χ1) is 12.6. The number of nitrogens with zero attached hydrogens (tertiary/aromatic N) is 2. The fourth-order valence-electron chi connectivity index (χ4n) is 3.40. The number of benzene rings is 1. The van der Waals surface area contributed by atoms with Crippen LogP contribution in [0.3, 0.4) is 0 Å². The van der Waals surface area contributed by atoms with Crippen LogP contribution < -0.4 is 14.8 Å². The van der Waals surface area contributed by atoms with Crippen LogP contribution in [0, 0.1) is 12.8 Å². The first-order valence-corrected chi connectivity index (χ1v) is 10.6. The summed E-state index contributed by atoms with van der Waals surface area (Å²) in [6.45, 7) is 4.15. The second kappa shape index (κ2) is 8.16. The third-order valence-corrected chi connectivity index (χ3v) is 6.07. The summed E-state index contributed by atoms with van der Waals surface area (Å²) in [6, 6.07) is 4.23. The molecule has 2 amide bonds. The fraction of sp³-hybridized carbons (Fsp3) is 0.556.